The van der Waals surface area contributed by atoms with Gasteiger partial charge in [0.05, 0.1) is 23.7 Å². The normalized spacial score (nSPS) is 25.5. The quantitative estimate of drug-likeness (QED) is 0.629. The Hall–Kier alpha value is -1.70. The molecule has 2 aliphatic rings. The standard InChI is InChI=1S/C17H24N2O5/c1-2-24-16-10-15(21)17(16)5-7-18(8-6-17)14-9-12(11-20)3-4-13(14)19(22)23/h3-4,9,15-16,20-21H,2,5-8,10-11H2,1H3. The van der Waals surface area contributed by atoms with Crippen molar-refractivity contribution in [3.63, 3.8) is 0 Å². The summed E-state index contributed by atoms with van der Waals surface area (Å²) in [4.78, 5) is 12.9. The van der Waals surface area contributed by atoms with Crippen LogP contribution in [0.25, 0.3) is 0 Å². The number of anilines is 1. The Bertz CT molecular complexity index is 611. The number of aliphatic hydroxyl groups excluding tert-OH is 2. The van der Waals surface area contributed by atoms with Crippen molar-refractivity contribution in [1.82, 2.24) is 0 Å². The van der Waals surface area contributed by atoms with Crippen LogP contribution in [0.1, 0.15) is 31.7 Å². The van der Waals surface area contributed by atoms with Crippen LogP contribution in [0, 0.1) is 15.5 Å². The number of nitrogens with zero attached hydrogens (tertiary/aromatic N) is 2. The maximum absolute atomic E-state index is 11.3. The van der Waals surface area contributed by atoms with Crippen molar-refractivity contribution < 1.29 is 19.9 Å². The lowest BCUT2D eigenvalue weighted by atomic mass is 9.58. The van der Waals surface area contributed by atoms with Crippen LogP contribution in [-0.2, 0) is 11.3 Å². The van der Waals surface area contributed by atoms with Gasteiger partial charge < -0.3 is 19.8 Å². The minimum Gasteiger partial charge on any atom is -0.392 e. The van der Waals surface area contributed by atoms with Crippen LogP contribution in [0.3, 0.4) is 0 Å². The number of hydrogen-bond donors (Lipinski definition) is 2. The van der Waals surface area contributed by atoms with Crippen LogP contribution < -0.4 is 4.90 Å². The highest BCUT2D eigenvalue weighted by molar-refractivity contribution is 5.64. The van der Waals surface area contributed by atoms with E-state index in [4.69, 9.17) is 4.74 Å². The number of aliphatic hydroxyl groups is 2. The van der Waals surface area contributed by atoms with Gasteiger partial charge in [-0.2, -0.15) is 0 Å². The molecule has 0 aromatic heterocycles. The second-order valence-corrected chi connectivity index (χ2v) is 6.65. The van der Waals surface area contributed by atoms with Gasteiger partial charge in [0.1, 0.15) is 5.69 Å². The summed E-state index contributed by atoms with van der Waals surface area (Å²) in [6.07, 6.45) is 1.90. The van der Waals surface area contributed by atoms with Crippen molar-refractivity contribution in [2.24, 2.45) is 5.41 Å². The zero-order valence-corrected chi connectivity index (χ0v) is 13.9. The molecule has 0 amide bonds. The monoisotopic (exact) mass is 336 g/mol. The van der Waals surface area contributed by atoms with Gasteiger partial charge in [-0.05, 0) is 37.5 Å². The zero-order valence-electron chi connectivity index (χ0n) is 13.9. The van der Waals surface area contributed by atoms with Crippen molar-refractivity contribution in [2.75, 3.05) is 24.6 Å². The van der Waals surface area contributed by atoms with E-state index >= 15 is 0 Å². The predicted molar refractivity (Wildman–Crippen MR) is 88.9 cm³/mol. The Labute approximate surface area is 141 Å². The Morgan fingerprint density at radius 1 is 1.42 bits per heavy atom. The van der Waals surface area contributed by atoms with Gasteiger partial charge in [-0.15, -0.1) is 0 Å². The lowest BCUT2D eigenvalue weighted by Crippen LogP contribution is -2.62. The predicted octanol–water partition coefficient (Wildman–Crippen LogP) is 1.84. The molecule has 1 aliphatic carbocycles. The summed E-state index contributed by atoms with van der Waals surface area (Å²) in [6, 6.07) is 4.72. The van der Waals surface area contributed by atoms with E-state index in [2.05, 4.69) is 0 Å². The largest absolute Gasteiger partial charge is 0.392 e. The third-order valence-electron chi connectivity index (χ3n) is 5.56. The molecule has 7 heteroatoms. The molecule has 1 aromatic carbocycles. The van der Waals surface area contributed by atoms with Gasteiger partial charge in [0, 0.05) is 37.6 Å². The van der Waals surface area contributed by atoms with Crippen LogP contribution in [0.2, 0.25) is 0 Å². The summed E-state index contributed by atoms with van der Waals surface area (Å²) < 4.78 is 5.76. The molecule has 1 aliphatic heterocycles. The number of benzene rings is 1. The second-order valence-electron chi connectivity index (χ2n) is 6.65. The molecule has 24 heavy (non-hydrogen) atoms. The Kier molecular flexibility index (Phi) is 4.76. The first-order valence-electron chi connectivity index (χ1n) is 8.44. The van der Waals surface area contributed by atoms with Gasteiger partial charge in [0.2, 0.25) is 0 Å². The molecule has 1 aromatic rings. The fraction of sp³-hybridized carbons (Fsp3) is 0.647. The minimum atomic E-state index is -0.387. The van der Waals surface area contributed by atoms with E-state index in [0.717, 1.165) is 12.8 Å². The third kappa shape index (κ3) is 2.76. The molecule has 2 N–H and O–H groups in total. The van der Waals surface area contributed by atoms with Gasteiger partial charge in [-0.3, -0.25) is 10.1 Å². The lowest BCUT2D eigenvalue weighted by Gasteiger charge is -2.56. The molecule has 0 bridgehead atoms. The van der Waals surface area contributed by atoms with Crippen molar-refractivity contribution in [1.29, 1.82) is 0 Å². The molecule has 1 spiro atoms. The Morgan fingerprint density at radius 2 is 2.12 bits per heavy atom. The van der Waals surface area contributed by atoms with Gasteiger partial charge in [0.25, 0.3) is 5.69 Å². The maximum atomic E-state index is 11.3. The summed E-state index contributed by atoms with van der Waals surface area (Å²) in [6.45, 7) is 3.71. The molecule has 132 valence electrons. The first kappa shape index (κ1) is 17.1. The smallest absolute Gasteiger partial charge is 0.292 e. The molecule has 0 radical (unpaired) electrons. The number of rotatable bonds is 5. The molecule has 1 saturated carbocycles. The number of nitro benzene ring substituents is 1. The fourth-order valence-electron chi connectivity index (χ4n) is 4.06. The number of nitro groups is 1. The number of hydrogen-bond acceptors (Lipinski definition) is 6. The van der Waals surface area contributed by atoms with E-state index in [-0.39, 0.29) is 34.8 Å². The SMILES string of the molecule is CCOC1CC(O)C12CCN(c1cc(CO)ccc1[N+](=O)[O-])CC2. The van der Waals surface area contributed by atoms with Crippen LogP contribution in [-0.4, -0.2) is 47.0 Å². The van der Waals surface area contributed by atoms with Crippen LogP contribution in [0.15, 0.2) is 18.2 Å². The van der Waals surface area contributed by atoms with Gasteiger partial charge in [0.15, 0.2) is 0 Å². The van der Waals surface area contributed by atoms with E-state index in [1.165, 1.54) is 6.07 Å². The van der Waals surface area contributed by atoms with E-state index in [1.807, 2.05) is 11.8 Å². The van der Waals surface area contributed by atoms with Crippen molar-refractivity contribution in [3.05, 3.63) is 33.9 Å². The fourth-order valence-corrected chi connectivity index (χ4v) is 4.06. The zero-order chi connectivity index (χ0) is 17.3. The maximum Gasteiger partial charge on any atom is 0.292 e. The van der Waals surface area contributed by atoms with E-state index in [1.54, 1.807) is 12.1 Å². The minimum absolute atomic E-state index is 0.0543. The van der Waals surface area contributed by atoms with Crippen molar-refractivity contribution >= 4 is 11.4 Å². The average Bonchev–Trinajstić information content (AvgIpc) is 2.61. The summed E-state index contributed by atoms with van der Waals surface area (Å²) >= 11 is 0. The Balaban J connectivity index is 1.78. The summed E-state index contributed by atoms with van der Waals surface area (Å²) in [5.74, 6) is 0. The Morgan fingerprint density at radius 3 is 2.67 bits per heavy atom. The van der Waals surface area contributed by atoms with Crippen molar-refractivity contribution in [2.45, 2.75) is 45.0 Å². The summed E-state index contributed by atoms with van der Waals surface area (Å²) in [5, 5.41) is 30.9. The van der Waals surface area contributed by atoms with Crippen LogP contribution >= 0.6 is 0 Å². The molecule has 1 heterocycles. The first-order chi connectivity index (χ1) is 11.5. The molecule has 1 saturated heterocycles. The highest BCUT2D eigenvalue weighted by atomic mass is 16.6. The topological polar surface area (TPSA) is 96.1 Å². The molecular weight excluding hydrogens is 312 g/mol. The molecule has 2 atom stereocenters. The highest BCUT2D eigenvalue weighted by Gasteiger charge is 2.56. The molecule has 2 fully saturated rings. The third-order valence-corrected chi connectivity index (χ3v) is 5.56. The summed E-state index contributed by atoms with van der Waals surface area (Å²) in [5.41, 5.74) is 1.05. The van der Waals surface area contributed by atoms with Crippen molar-refractivity contribution in [3.8, 4) is 0 Å². The summed E-state index contributed by atoms with van der Waals surface area (Å²) in [7, 11) is 0. The van der Waals surface area contributed by atoms with E-state index in [9.17, 15) is 20.3 Å². The van der Waals surface area contributed by atoms with Crippen LogP contribution in [0.5, 0.6) is 0 Å². The second kappa shape index (κ2) is 6.66. The molecule has 7 nitrogen and oxygen atoms in total. The lowest BCUT2D eigenvalue weighted by molar-refractivity contribution is -0.384. The highest BCUT2D eigenvalue weighted by Crippen LogP contribution is 2.51. The number of ether oxygens (including phenoxy) is 1. The average molecular weight is 336 g/mol. The first-order valence-corrected chi connectivity index (χ1v) is 8.44. The molecular formula is C17H24N2O5. The number of piperidine rings is 1. The van der Waals surface area contributed by atoms with E-state index in [0.29, 0.717) is 37.4 Å². The van der Waals surface area contributed by atoms with Gasteiger partial charge in [-0.25, -0.2) is 0 Å². The van der Waals surface area contributed by atoms with Gasteiger partial charge >= 0.3 is 0 Å². The molecule has 2 unspecified atom stereocenters. The van der Waals surface area contributed by atoms with Gasteiger partial charge in [-0.1, -0.05) is 0 Å². The van der Waals surface area contributed by atoms with Crippen LogP contribution in [0.4, 0.5) is 11.4 Å². The molecule has 3 rings (SSSR count). The van der Waals surface area contributed by atoms with E-state index < -0.39 is 0 Å².